The fourth-order valence-electron chi connectivity index (χ4n) is 1.70. The summed E-state index contributed by atoms with van der Waals surface area (Å²) in [6.45, 7) is 0. The number of hydrogen-bond acceptors (Lipinski definition) is 2. The van der Waals surface area contributed by atoms with Gasteiger partial charge in [0.05, 0.1) is 7.11 Å². The highest BCUT2D eigenvalue weighted by Crippen LogP contribution is 2.19. The van der Waals surface area contributed by atoms with Gasteiger partial charge in [0, 0.05) is 12.4 Å². The Hall–Kier alpha value is -2.03. The molecule has 1 aromatic carbocycles. The Balaban J connectivity index is 2.40. The summed E-state index contributed by atoms with van der Waals surface area (Å²) < 4.78 is 6.67. The van der Waals surface area contributed by atoms with E-state index < -0.39 is 6.04 Å². The van der Waals surface area contributed by atoms with E-state index in [0.717, 1.165) is 5.56 Å². The maximum Gasteiger partial charge on any atom is 0.333 e. The Kier molecular flexibility index (Phi) is 3.05. The summed E-state index contributed by atoms with van der Waals surface area (Å²) in [5.41, 5.74) is 0.922. The standard InChI is InChI=1S/C13H13NO2/c1-16-13(15)12(14-9-5-6-10-14)11-7-3-2-4-8-11/h2-10,12H,1H3/t12-/m0/s1. The van der Waals surface area contributed by atoms with E-state index in [1.165, 1.54) is 7.11 Å². The van der Waals surface area contributed by atoms with Crippen molar-refractivity contribution in [1.29, 1.82) is 0 Å². The van der Waals surface area contributed by atoms with E-state index in [1.807, 2.05) is 59.4 Å². The van der Waals surface area contributed by atoms with Gasteiger partial charge < -0.3 is 9.30 Å². The lowest BCUT2D eigenvalue weighted by atomic mass is 10.1. The highest BCUT2D eigenvalue weighted by atomic mass is 16.5. The molecule has 82 valence electrons. The molecule has 0 amide bonds. The minimum atomic E-state index is -0.402. The molecule has 0 radical (unpaired) electrons. The van der Waals surface area contributed by atoms with Crippen LogP contribution in [0.1, 0.15) is 11.6 Å². The van der Waals surface area contributed by atoms with Crippen molar-refractivity contribution in [2.24, 2.45) is 0 Å². The van der Waals surface area contributed by atoms with E-state index in [1.54, 1.807) is 0 Å². The Bertz CT molecular complexity index is 448. The fourth-order valence-corrected chi connectivity index (χ4v) is 1.70. The highest BCUT2D eigenvalue weighted by molar-refractivity contribution is 5.78. The number of carbonyl (C=O) groups is 1. The van der Waals surface area contributed by atoms with Gasteiger partial charge in [-0.3, -0.25) is 0 Å². The first kappa shape index (κ1) is 10.5. The second-order valence-electron chi connectivity index (χ2n) is 3.47. The van der Waals surface area contributed by atoms with Gasteiger partial charge in [-0.25, -0.2) is 4.79 Å². The van der Waals surface area contributed by atoms with Gasteiger partial charge in [0.15, 0.2) is 6.04 Å². The third kappa shape index (κ3) is 1.98. The minimum absolute atomic E-state index is 0.262. The SMILES string of the molecule is COC(=O)[C@H](c1ccccc1)n1cccc1. The average Bonchev–Trinajstić information content (AvgIpc) is 2.84. The monoisotopic (exact) mass is 215 g/mol. The van der Waals surface area contributed by atoms with Crippen LogP contribution in [0.15, 0.2) is 54.9 Å². The maximum atomic E-state index is 11.8. The van der Waals surface area contributed by atoms with Crippen LogP contribution in [-0.2, 0) is 9.53 Å². The van der Waals surface area contributed by atoms with Crippen LogP contribution in [0.5, 0.6) is 0 Å². The molecule has 0 spiro atoms. The molecule has 3 nitrogen and oxygen atoms in total. The molecule has 3 heteroatoms. The summed E-state index contributed by atoms with van der Waals surface area (Å²) in [7, 11) is 1.40. The van der Waals surface area contributed by atoms with Gasteiger partial charge in [0.1, 0.15) is 0 Å². The summed E-state index contributed by atoms with van der Waals surface area (Å²) in [5.74, 6) is -0.262. The molecule has 1 atom stereocenters. The zero-order chi connectivity index (χ0) is 11.4. The largest absolute Gasteiger partial charge is 0.467 e. The van der Waals surface area contributed by atoms with Crippen molar-refractivity contribution >= 4 is 5.97 Å². The van der Waals surface area contributed by atoms with Crippen LogP contribution < -0.4 is 0 Å². The Morgan fingerprint density at radius 3 is 2.31 bits per heavy atom. The van der Waals surface area contributed by atoms with Crippen LogP contribution in [0.25, 0.3) is 0 Å². The Labute approximate surface area is 94.3 Å². The molecule has 0 fully saturated rings. The molecule has 0 unspecified atom stereocenters. The number of rotatable bonds is 3. The predicted octanol–water partition coefficient (Wildman–Crippen LogP) is 2.25. The van der Waals surface area contributed by atoms with Crippen LogP contribution in [-0.4, -0.2) is 17.6 Å². The Morgan fingerprint density at radius 1 is 1.12 bits per heavy atom. The summed E-state index contributed by atoms with van der Waals surface area (Å²) >= 11 is 0. The molecule has 1 heterocycles. The molecule has 0 bridgehead atoms. The van der Waals surface area contributed by atoms with E-state index in [9.17, 15) is 4.79 Å². The molecule has 1 aromatic heterocycles. The zero-order valence-corrected chi connectivity index (χ0v) is 9.04. The van der Waals surface area contributed by atoms with Crippen molar-refractivity contribution in [3.8, 4) is 0 Å². The first-order valence-corrected chi connectivity index (χ1v) is 5.08. The number of methoxy groups -OCH3 is 1. The first-order valence-electron chi connectivity index (χ1n) is 5.08. The van der Waals surface area contributed by atoms with E-state index in [-0.39, 0.29) is 5.97 Å². The van der Waals surface area contributed by atoms with Crippen molar-refractivity contribution in [2.45, 2.75) is 6.04 Å². The number of benzene rings is 1. The van der Waals surface area contributed by atoms with Gasteiger partial charge in [-0.2, -0.15) is 0 Å². The quantitative estimate of drug-likeness (QED) is 0.735. The van der Waals surface area contributed by atoms with Crippen LogP contribution in [0.4, 0.5) is 0 Å². The molecule has 0 saturated heterocycles. The van der Waals surface area contributed by atoms with Crippen LogP contribution in [0.3, 0.4) is 0 Å². The van der Waals surface area contributed by atoms with Gasteiger partial charge in [-0.15, -0.1) is 0 Å². The van der Waals surface area contributed by atoms with E-state index in [2.05, 4.69) is 0 Å². The number of carbonyl (C=O) groups excluding carboxylic acids is 1. The summed E-state index contributed by atoms with van der Waals surface area (Å²) in [4.78, 5) is 11.8. The van der Waals surface area contributed by atoms with Crippen molar-refractivity contribution in [1.82, 2.24) is 4.57 Å². The molecular formula is C13H13NO2. The van der Waals surface area contributed by atoms with Crippen LogP contribution in [0, 0.1) is 0 Å². The van der Waals surface area contributed by atoms with Crippen molar-refractivity contribution in [2.75, 3.05) is 7.11 Å². The van der Waals surface area contributed by atoms with Crippen molar-refractivity contribution in [3.63, 3.8) is 0 Å². The fraction of sp³-hybridized carbons (Fsp3) is 0.154. The lowest BCUT2D eigenvalue weighted by Gasteiger charge is -2.16. The smallest absolute Gasteiger partial charge is 0.333 e. The molecule has 16 heavy (non-hydrogen) atoms. The summed E-state index contributed by atoms with van der Waals surface area (Å²) in [6, 6.07) is 13.0. The van der Waals surface area contributed by atoms with Gasteiger partial charge in [-0.05, 0) is 17.7 Å². The maximum absolute atomic E-state index is 11.8. The normalized spacial score (nSPS) is 12.1. The van der Waals surface area contributed by atoms with E-state index >= 15 is 0 Å². The van der Waals surface area contributed by atoms with E-state index in [0.29, 0.717) is 0 Å². The molecule has 2 aromatic rings. The molecule has 0 saturated carbocycles. The second kappa shape index (κ2) is 4.66. The summed E-state index contributed by atoms with van der Waals surface area (Å²) in [5, 5.41) is 0. The molecule has 0 N–H and O–H groups in total. The molecule has 0 aliphatic carbocycles. The number of esters is 1. The van der Waals surface area contributed by atoms with Gasteiger partial charge in [-0.1, -0.05) is 30.3 Å². The third-order valence-corrected chi connectivity index (χ3v) is 2.47. The van der Waals surface area contributed by atoms with Crippen molar-refractivity contribution < 1.29 is 9.53 Å². The average molecular weight is 215 g/mol. The van der Waals surface area contributed by atoms with Crippen LogP contribution >= 0.6 is 0 Å². The third-order valence-electron chi connectivity index (χ3n) is 2.47. The number of aromatic nitrogens is 1. The van der Waals surface area contributed by atoms with Gasteiger partial charge >= 0.3 is 5.97 Å². The van der Waals surface area contributed by atoms with Crippen molar-refractivity contribution in [3.05, 3.63) is 60.4 Å². The van der Waals surface area contributed by atoms with Gasteiger partial charge in [0.2, 0.25) is 0 Å². The molecule has 2 rings (SSSR count). The summed E-state index contributed by atoms with van der Waals surface area (Å²) in [6.07, 6.45) is 3.71. The topological polar surface area (TPSA) is 31.2 Å². The minimum Gasteiger partial charge on any atom is -0.467 e. The van der Waals surface area contributed by atoms with Crippen LogP contribution in [0.2, 0.25) is 0 Å². The second-order valence-corrected chi connectivity index (χ2v) is 3.47. The first-order chi connectivity index (χ1) is 7.83. The lowest BCUT2D eigenvalue weighted by Crippen LogP contribution is -2.20. The lowest BCUT2D eigenvalue weighted by molar-refractivity contribution is -0.143. The number of nitrogens with zero attached hydrogens (tertiary/aromatic N) is 1. The predicted molar refractivity (Wildman–Crippen MR) is 61.0 cm³/mol. The Morgan fingerprint density at radius 2 is 1.75 bits per heavy atom. The highest BCUT2D eigenvalue weighted by Gasteiger charge is 2.21. The number of ether oxygens (including phenoxy) is 1. The van der Waals surface area contributed by atoms with Gasteiger partial charge in [0.25, 0.3) is 0 Å². The van der Waals surface area contributed by atoms with E-state index in [4.69, 9.17) is 4.74 Å². The zero-order valence-electron chi connectivity index (χ0n) is 9.04. The molecule has 0 aliphatic heterocycles. The molecular weight excluding hydrogens is 202 g/mol. The molecule has 0 aliphatic rings. The number of hydrogen-bond donors (Lipinski definition) is 0.